The fraction of sp³-hybridized carbons (Fsp3) is 0.391. The normalized spacial score (nSPS) is 15.0. The molecule has 3 rings (SSSR count). The van der Waals surface area contributed by atoms with Gasteiger partial charge >= 0.3 is 0 Å². The molecule has 3 heteroatoms. The first-order chi connectivity index (χ1) is 12.8. The average Bonchev–Trinajstić information content (AvgIpc) is 2.69. The van der Waals surface area contributed by atoms with Crippen molar-refractivity contribution in [1.29, 1.82) is 0 Å². The maximum atomic E-state index is 6.11. The molecule has 0 bridgehead atoms. The summed E-state index contributed by atoms with van der Waals surface area (Å²) < 4.78 is 6.11. The van der Waals surface area contributed by atoms with Crippen LogP contribution in [0.5, 0.6) is 5.75 Å². The largest absolute Gasteiger partial charge is 0.489 e. The van der Waals surface area contributed by atoms with Gasteiger partial charge in [0.1, 0.15) is 12.4 Å². The predicted octanol–water partition coefficient (Wildman–Crippen LogP) is 4.61. The minimum atomic E-state index is 0.585. The lowest BCUT2D eigenvalue weighted by molar-refractivity contribution is 0.221. The van der Waals surface area contributed by atoms with Gasteiger partial charge in [0.2, 0.25) is 0 Å². The summed E-state index contributed by atoms with van der Waals surface area (Å²) in [5.41, 5.74) is 4.87. The topological polar surface area (TPSA) is 24.5 Å². The van der Waals surface area contributed by atoms with Crippen molar-refractivity contribution in [2.75, 3.05) is 20.1 Å². The van der Waals surface area contributed by atoms with E-state index in [1.807, 2.05) is 25.3 Å². The van der Waals surface area contributed by atoms with Crippen LogP contribution in [0.15, 0.2) is 49.0 Å². The Labute approximate surface area is 157 Å². The molecule has 1 aliphatic heterocycles. The van der Waals surface area contributed by atoms with Gasteiger partial charge in [-0.25, -0.2) is 0 Å². The molecule has 0 atom stereocenters. The van der Waals surface area contributed by atoms with Crippen molar-refractivity contribution >= 4 is 6.08 Å². The van der Waals surface area contributed by atoms with E-state index in [1.54, 1.807) is 0 Å². The van der Waals surface area contributed by atoms with Crippen molar-refractivity contribution in [2.45, 2.75) is 39.0 Å². The Kier molecular flexibility index (Phi) is 6.87. The molecule has 0 saturated carbocycles. The highest BCUT2D eigenvalue weighted by Gasteiger charge is 2.10. The summed E-state index contributed by atoms with van der Waals surface area (Å²) in [6.07, 6.45) is 5.94. The molecular formula is C23H30N2O. The van der Waals surface area contributed by atoms with Crippen molar-refractivity contribution in [3.63, 3.8) is 0 Å². The van der Waals surface area contributed by atoms with E-state index in [1.165, 1.54) is 43.5 Å². The summed E-state index contributed by atoms with van der Waals surface area (Å²) in [7, 11) is 1.95. The molecule has 1 fully saturated rings. The van der Waals surface area contributed by atoms with Gasteiger partial charge in [0.25, 0.3) is 0 Å². The van der Waals surface area contributed by atoms with Gasteiger partial charge in [0.15, 0.2) is 0 Å². The minimum absolute atomic E-state index is 0.585. The van der Waals surface area contributed by atoms with Gasteiger partial charge < -0.3 is 10.1 Å². The van der Waals surface area contributed by atoms with Gasteiger partial charge in [-0.3, -0.25) is 4.90 Å². The van der Waals surface area contributed by atoms with Crippen LogP contribution < -0.4 is 10.1 Å². The highest BCUT2D eigenvalue weighted by molar-refractivity contribution is 5.56. The third kappa shape index (κ3) is 4.96. The average molecular weight is 351 g/mol. The summed E-state index contributed by atoms with van der Waals surface area (Å²) in [5.74, 6) is 0.925. The van der Waals surface area contributed by atoms with Crippen LogP contribution in [-0.2, 0) is 19.7 Å². The van der Waals surface area contributed by atoms with E-state index in [4.69, 9.17) is 4.74 Å². The highest BCUT2D eigenvalue weighted by Crippen LogP contribution is 2.24. The lowest BCUT2D eigenvalue weighted by Crippen LogP contribution is -2.29. The molecule has 1 N–H and O–H groups in total. The Morgan fingerprint density at radius 2 is 1.77 bits per heavy atom. The Bertz CT molecular complexity index is 703. The quantitative estimate of drug-likeness (QED) is 0.752. The van der Waals surface area contributed by atoms with Crippen molar-refractivity contribution in [1.82, 2.24) is 10.2 Å². The molecule has 138 valence electrons. The number of rotatable bonds is 8. The zero-order valence-corrected chi connectivity index (χ0v) is 15.8. The molecule has 0 radical (unpaired) electrons. The van der Waals surface area contributed by atoms with Crippen molar-refractivity contribution < 1.29 is 4.74 Å². The molecule has 2 aromatic carbocycles. The van der Waals surface area contributed by atoms with E-state index < -0.39 is 0 Å². The van der Waals surface area contributed by atoms with Crippen LogP contribution in [0, 0.1) is 0 Å². The van der Waals surface area contributed by atoms with Crippen LogP contribution in [0.3, 0.4) is 0 Å². The molecule has 1 aliphatic rings. The van der Waals surface area contributed by atoms with Crippen LogP contribution in [0.25, 0.3) is 6.08 Å². The van der Waals surface area contributed by atoms with Gasteiger partial charge in [0.05, 0.1) is 0 Å². The molecule has 0 aliphatic carbocycles. The highest BCUT2D eigenvalue weighted by atomic mass is 16.5. The molecule has 3 nitrogen and oxygen atoms in total. The van der Waals surface area contributed by atoms with Gasteiger partial charge in [0, 0.05) is 18.7 Å². The Morgan fingerprint density at radius 3 is 2.46 bits per heavy atom. The summed E-state index contributed by atoms with van der Waals surface area (Å²) >= 11 is 0. The van der Waals surface area contributed by atoms with Crippen LogP contribution in [0.2, 0.25) is 0 Å². The van der Waals surface area contributed by atoms with E-state index >= 15 is 0 Å². The lowest BCUT2D eigenvalue weighted by Gasteiger charge is -2.26. The van der Waals surface area contributed by atoms with Gasteiger partial charge in [-0.2, -0.15) is 0 Å². The molecule has 1 saturated heterocycles. The second-order valence-corrected chi connectivity index (χ2v) is 7.00. The maximum absolute atomic E-state index is 6.11. The number of likely N-dealkylation sites (tertiary alicyclic amines) is 1. The van der Waals surface area contributed by atoms with Gasteiger partial charge in [-0.1, -0.05) is 55.5 Å². The maximum Gasteiger partial charge on any atom is 0.124 e. The number of ether oxygens (including phenoxy) is 1. The zero-order chi connectivity index (χ0) is 18.2. The van der Waals surface area contributed by atoms with Crippen molar-refractivity contribution in [3.8, 4) is 5.75 Å². The van der Waals surface area contributed by atoms with Crippen molar-refractivity contribution in [3.05, 3.63) is 71.3 Å². The smallest absolute Gasteiger partial charge is 0.124 e. The fourth-order valence-corrected chi connectivity index (χ4v) is 3.55. The number of nitrogens with one attached hydrogen (secondary N) is 1. The SMILES string of the molecule is C=Cc1cccc(OCc2ccc(CN3CCCCC3)cc2)c1CNC. The lowest BCUT2D eigenvalue weighted by atomic mass is 10.1. The van der Waals surface area contributed by atoms with E-state index in [0.29, 0.717) is 6.61 Å². The van der Waals surface area contributed by atoms with E-state index in [0.717, 1.165) is 30.0 Å². The van der Waals surface area contributed by atoms with Crippen LogP contribution in [0.4, 0.5) is 0 Å². The summed E-state index contributed by atoms with van der Waals surface area (Å²) in [4.78, 5) is 2.56. The fourth-order valence-electron chi connectivity index (χ4n) is 3.55. The second kappa shape index (κ2) is 9.56. The molecule has 26 heavy (non-hydrogen) atoms. The number of benzene rings is 2. The van der Waals surface area contributed by atoms with Crippen molar-refractivity contribution in [2.24, 2.45) is 0 Å². The van der Waals surface area contributed by atoms with Gasteiger partial charge in [-0.15, -0.1) is 0 Å². The predicted molar refractivity (Wildman–Crippen MR) is 109 cm³/mol. The molecule has 1 heterocycles. The Hall–Kier alpha value is -2.10. The molecule has 0 unspecified atom stereocenters. The van der Waals surface area contributed by atoms with Crippen LogP contribution in [0.1, 0.15) is 41.5 Å². The van der Waals surface area contributed by atoms with Crippen LogP contribution in [-0.4, -0.2) is 25.0 Å². The molecule has 0 spiro atoms. The number of hydrogen-bond acceptors (Lipinski definition) is 3. The monoisotopic (exact) mass is 350 g/mol. The van der Waals surface area contributed by atoms with E-state index in [2.05, 4.69) is 47.1 Å². The first kappa shape index (κ1) is 18.7. The summed E-state index contributed by atoms with van der Waals surface area (Å²) in [5, 5.41) is 3.21. The third-order valence-electron chi connectivity index (χ3n) is 5.01. The Balaban J connectivity index is 1.60. The molecule has 2 aromatic rings. The number of nitrogens with zero attached hydrogens (tertiary/aromatic N) is 1. The number of piperidine rings is 1. The minimum Gasteiger partial charge on any atom is -0.489 e. The first-order valence-corrected chi connectivity index (χ1v) is 9.62. The van der Waals surface area contributed by atoms with E-state index in [-0.39, 0.29) is 0 Å². The van der Waals surface area contributed by atoms with Crippen LogP contribution >= 0.6 is 0 Å². The van der Waals surface area contributed by atoms with Gasteiger partial charge in [-0.05, 0) is 55.7 Å². The zero-order valence-electron chi connectivity index (χ0n) is 15.8. The standard InChI is InChI=1S/C23H30N2O/c1-3-21-8-7-9-23(22(21)16-24-2)26-18-20-12-10-19(11-13-20)17-25-14-5-4-6-15-25/h3,7-13,24H,1,4-6,14-18H2,2H3. The molecule has 0 amide bonds. The summed E-state index contributed by atoms with van der Waals surface area (Å²) in [6, 6.07) is 15.0. The second-order valence-electron chi connectivity index (χ2n) is 7.00. The summed E-state index contributed by atoms with van der Waals surface area (Å²) in [6.45, 7) is 8.79. The first-order valence-electron chi connectivity index (χ1n) is 9.62. The molecular weight excluding hydrogens is 320 g/mol. The van der Waals surface area contributed by atoms with E-state index in [9.17, 15) is 0 Å². The Morgan fingerprint density at radius 1 is 1.04 bits per heavy atom. The molecule has 0 aromatic heterocycles. The third-order valence-corrected chi connectivity index (χ3v) is 5.01. The number of hydrogen-bond donors (Lipinski definition) is 1.